The lowest BCUT2D eigenvalue weighted by Crippen LogP contribution is -2.59. The number of nitrogens with one attached hydrogen (secondary N) is 1. The number of ether oxygens (including phenoxy) is 1. The third-order valence-corrected chi connectivity index (χ3v) is 3.02. The summed E-state index contributed by atoms with van der Waals surface area (Å²) >= 11 is 0. The SMILES string of the molecule is Fc1ccc2c(c1)OCCN2C1CNC1. The van der Waals surface area contributed by atoms with Crippen LogP contribution >= 0.6 is 0 Å². The zero-order chi connectivity index (χ0) is 10.3. The Morgan fingerprint density at radius 2 is 2.27 bits per heavy atom. The Bertz CT molecular complexity index is 379. The Morgan fingerprint density at radius 1 is 1.40 bits per heavy atom. The van der Waals surface area contributed by atoms with Crippen LogP contribution in [0.25, 0.3) is 0 Å². The second-order valence-corrected chi connectivity index (χ2v) is 3.97. The summed E-state index contributed by atoms with van der Waals surface area (Å²) in [4.78, 5) is 2.30. The van der Waals surface area contributed by atoms with Crippen LogP contribution in [-0.4, -0.2) is 32.3 Å². The first-order valence-corrected chi connectivity index (χ1v) is 5.24. The second kappa shape index (κ2) is 3.38. The number of nitrogens with zero attached hydrogens (tertiary/aromatic N) is 1. The largest absolute Gasteiger partial charge is 0.489 e. The van der Waals surface area contributed by atoms with Gasteiger partial charge in [-0.25, -0.2) is 4.39 Å². The molecule has 0 radical (unpaired) electrons. The molecule has 0 saturated carbocycles. The average molecular weight is 208 g/mol. The molecule has 0 amide bonds. The Morgan fingerprint density at radius 3 is 3.00 bits per heavy atom. The fourth-order valence-corrected chi connectivity index (χ4v) is 2.09. The highest BCUT2D eigenvalue weighted by molar-refractivity contribution is 5.61. The maximum absolute atomic E-state index is 13.0. The van der Waals surface area contributed by atoms with E-state index in [1.807, 2.05) is 6.07 Å². The van der Waals surface area contributed by atoms with Gasteiger partial charge in [0.1, 0.15) is 18.2 Å². The smallest absolute Gasteiger partial charge is 0.145 e. The van der Waals surface area contributed by atoms with Crippen LogP contribution < -0.4 is 15.0 Å². The number of hydrogen-bond donors (Lipinski definition) is 1. The normalized spacial score (nSPS) is 20.5. The molecule has 0 spiro atoms. The van der Waals surface area contributed by atoms with Crippen molar-refractivity contribution < 1.29 is 9.13 Å². The standard InChI is InChI=1S/C11H13FN2O/c12-8-1-2-10-11(5-8)15-4-3-14(10)9-6-13-7-9/h1-2,5,9,13H,3-4,6-7H2. The predicted octanol–water partition coefficient (Wildman–Crippen LogP) is 0.996. The molecule has 1 aromatic carbocycles. The van der Waals surface area contributed by atoms with Gasteiger partial charge in [-0.2, -0.15) is 0 Å². The number of hydrogen-bond acceptors (Lipinski definition) is 3. The molecular formula is C11H13FN2O. The Hall–Kier alpha value is -1.29. The number of anilines is 1. The van der Waals surface area contributed by atoms with Crippen molar-refractivity contribution in [1.82, 2.24) is 5.32 Å². The number of rotatable bonds is 1. The lowest BCUT2D eigenvalue weighted by atomic mass is 10.1. The van der Waals surface area contributed by atoms with Crippen LogP contribution in [0.3, 0.4) is 0 Å². The minimum absolute atomic E-state index is 0.234. The lowest BCUT2D eigenvalue weighted by molar-refractivity contribution is 0.284. The quantitative estimate of drug-likeness (QED) is 0.745. The van der Waals surface area contributed by atoms with Gasteiger partial charge in [0.05, 0.1) is 18.3 Å². The predicted molar refractivity (Wildman–Crippen MR) is 55.9 cm³/mol. The molecule has 0 atom stereocenters. The molecule has 0 aromatic heterocycles. The summed E-state index contributed by atoms with van der Waals surface area (Å²) in [6, 6.07) is 5.31. The first kappa shape index (κ1) is 8.97. The summed E-state index contributed by atoms with van der Waals surface area (Å²) in [7, 11) is 0. The summed E-state index contributed by atoms with van der Waals surface area (Å²) in [5, 5.41) is 3.24. The molecule has 4 heteroatoms. The van der Waals surface area contributed by atoms with Gasteiger partial charge in [-0.3, -0.25) is 0 Å². The van der Waals surface area contributed by atoms with E-state index in [1.54, 1.807) is 0 Å². The van der Waals surface area contributed by atoms with Gasteiger partial charge in [0.15, 0.2) is 0 Å². The van der Waals surface area contributed by atoms with Crippen molar-refractivity contribution in [3.8, 4) is 5.75 Å². The highest BCUT2D eigenvalue weighted by Crippen LogP contribution is 2.33. The van der Waals surface area contributed by atoms with Crippen molar-refractivity contribution in [3.05, 3.63) is 24.0 Å². The average Bonchev–Trinajstić information content (AvgIpc) is 2.15. The first-order valence-electron chi connectivity index (χ1n) is 5.24. The summed E-state index contributed by atoms with van der Waals surface area (Å²) < 4.78 is 18.5. The fraction of sp³-hybridized carbons (Fsp3) is 0.455. The van der Waals surface area contributed by atoms with E-state index >= 15 is 0 Å². The molecule has 0 bridgehead atoms. The molecule has 2 aliphatic heterocycles. The summed E-state index contributed by atoms with van der Waals surface area (Å²) in [6.07, 6.45) is 0. The van der Waals surface area contributed by atoms with Gasteiger partial charge in [0, 0.05) is 19.2 Å². The van der Waals surface area contributed by atoms with Crippen molar-refractivity contribution in [3.63, 3.8) is 0 Å². The van der Waals surface area contributed by atoms with Crippen molar-refractivity contribution in [2.75, 3.05) is 31.1 Å². The number of benzene rings is 1. The van der Waals surface area contributed by atoms with E-state index in [9.17, 15) is 4.39 Å². The third-order valence-electron chi connectivity index (χ3n) is 3.02. The molecule has 1 aromatic rings. The summed E-state index contributed by atoms with van der Waals surface area (Å²) in [6.45, 7) is 3.56. The number of fused-ring (bicyclic) bond motifs is 1. The highest BCUT2D eigenvalue weighted by Gasteiger charge is 2.29. The van der Waals surface area contributed by atoms with Crippen molar-refractivity contribution in [2.24, 2.45) is 0 Å². The maximum atomic E-state index is 13.0. The fourth-order valence-electron chi connectivity index (χ4n) is 2.09. The van der Waals surface area contributed by atoms with E-state index in [-0.39, 0.29) is 5.82 Å². The molecule has 3 rings (SSSR count). The molecule has 0 aliphatic carbocycles. The van der Waals surface area contributed by atoms with Gasteiger partial charge in [-0.05, 0) is 12.1 Å². The molecule has 1 saturated heterocycles. The molecule has 80 valence electrons. The lowest BCUT2D eigenvalue weighted by Gasteiger charge is -2.42. The molecule has 0 unspecified atom stereocenters. The van der Waals surface area contributed by atoms with Crippen LogP contribution in [-0.2, 0) is 0 Å². The molecule has 15 heavy (non-hydrogen) atoms. The van der Waals surface area contributed by atoms with Crippen LogP contribution in [0, 0.1) is 5.82 Å². The van der Waals surface area contributed by atoms with Gasteiger partial charge >= 0.3 is 0 Å². The van der Waals surface area contributed by atoms with Gasteiger partial charge in [-0.15, -0.1) is 0 Å². The van der Waals surface area contributed by atoms with Crippen LogP contribution in [0.2, 0.25) is 0 Å². The van der Waals surface area contributed by atoms with Crippen molar-refractivity contribution >= 4 is 5.69 Å². The Kier molecular flexibility index (Phi) is 2.02. The Balaban J connectivity index is 1.95. The topological polar surface area (TPSA) is 24.5 Å². The molecular weight excluding hydrogens is 195 g/mol. The van der Waals surface area contributed by atoms with Gasteiger partial charge in [0.2, 0.25) is 0 Å². The Labute approximate surface area is 87.8 Å². The van der Waals surface area contributed by atoms with Crippen LogP contribution in [0.4, 0.5) is 10.1 Å². The number of halogens is 1. The van der Waals surface area contributed by atoms with Crippen molar-refractivity contribution in [2.45, 2.75) is 6.04 Å². The maximum Gasteiger partial charge on any atom is 0.145 e. The van der Waals surface area contributed by atoms with Gasteiger partial charge in [-0.1, -0.05) is 0 Å². The third kappa shape index (κ3) is 1.45. The van der Waals surface area contributed by atoms with Crippen molar-refractivity contribution in [1.29, 1.82) is 0 Å². The molecule has 2 aliphatic rings. The molecule has 3 nitrogen and oxygen atoms in total. The van der Waals surface area contributed by atoms with Crippen LogP contribution in [0.5, 0.6) is 5.75 Å². The van der Waals surface area contributed by atoms with E-state index in [0.29, 0.717) is 18.4 Å². The summed E-state index contributed by atoms with van der Waals surface area (Å²) in [5.74, 6) is 0.440. The summed E-state index contributed by atoms with van der Waals surface area (Å²) in [5.41, 5.74) is 1.02. The van der Waals surface area contributed by atoms with Crippen LogP contribution in [0.1, 0.15) is 0 Å². The van der Waals surface area contributed by atoms with Crippen LogP contribution in [0.15, 0.2) is 18.2 Å². The first-order chi connectivity index (χ1) is 7.34. The van der Waals surface area contributed by atoms with Gasteiger partial charge < -0.3 is 15.0 Å². The molecule has 1 N–H and O–H groups in total. The molecule has 1 fully saturated rings. The monoisotopic (exact) mass is 208 g/mol. The zero-order valence-electron chi connectivity index (χ0n) is 8.37. The van der Waals surface area contributed by atoms with Gasteiger partial charge in [0.25, 0.3) is 0 Å². The van der Waals surface area contributed by atoms with E-state index in [0.717, 1.165) is 25.3 Å². The van der Waals surface area contributed by atoms with E-state index in [4.69, 9.17) is 4.74 Å². The van der Waals surface area contributed by atoms with E-state index < -0.39 is 0 Å². The van der Waals surface area contributed by atoms with E-state index in [2.05, 4.69) is 10.2 Å². The highest BCUT2D eigenvalue weighted by atomic mass is 19.1. The zero-order valence-corrected chi connectivity index (χ0v) is 8.37. The van der Waals surface area contributed by atoms with E-state index in [1.165, 1.54) is 12.1 Å². The minimum Gasteiger partial charge on any atom is -0.489 e. The minimum atomic E-state index is -0.234. The molecule has 2 heterocycles. The second-order valence-electron chi connectivity index (χ2n) is 3.97.